The second-order valence-corrected chi connectivity index (χ2v) is 4.58. The number of anilines is 2. The van der Waals surface area contributed by atoms with E-state index in [2.05, 4.69) is 10.6 Å². The van der Waals surface area contributed by atoms with Gasteiger partial charge in [0, 0.05) is 13.6 Å². The van der Waals surface area contributed by atoms with Crippen molar-refractivity contribution in [1.82, 2.24) is 0 Å². The van der Waals surface area contributed by atoms with E-state index in [-0.39, 0.29) is 16.7 Å². The van der Waals surface area contributed by atoms with Gasteiger partial charge in [-0.05, 0) is 30.9 Å². The van der Waals surface area contributed by atoms with Crippen molar-refractivity contribution in [3.8, 4) is 0 Å². The van der Waals surface area contributed by atoms with Gasteiger partial charge in [-0.1, -0.05) is 6.07 Å². The topological polar surface area (TPSA) is 87.4 Å². The molecule has 0 spiro atoms. The van der Waals surface area contributed by atoms with Crippen molar-refractivity contribution in [3.05, 3.63) is 28.3 Å². The van der Waals surface area contributed by atoms with Gasteiger partial charge < -0.3 is 15.7 Å². The van der Waals surface area contributed by atoms with E-state index in [4.69, 9.17) is 0 Å². The summed E-state index contributed by atoms with van der Waals surface area (Å²) in [6.45, 7) is 0.658. The minimum absolute atomic E-state index is 0.0693. The third kappa shape index (κ3) is 2.53. The quantitative estimate of drug-likeness (QED) is 0.549. The first-order chi connectivity index (χ1) is 8.61. The number of hydrogen-bond acceptors (Lipinski definition) is 5. The van der Waals surface area contributed by atoms with Crippen LogP contribution in [0.5, 0.6) is 0 Å². The van der Waals surface area contributed by atoms with Crippen molar-refractivity contribution < 1.29 is 10.0 Å². The Kier molecular flexibility index (Phi) is 3.66. The van der Waals surface area contributed by atoms with Crippen molar-refractivity contribution in [2.75, 3.05) is 24.2 Å². The van der Waals surface area contributed by atoms with Gasteiger partial charge >= 0.3 is 5.69 Å². The molecule has 0 radical (unpaired) electrons. The molecule has 1 aromatic rings. The summed E-state index contributed by atoms with van der Waals surface area (Å²) in [5, 5.41) is 26.2. The van der Waals surface area contributed by atoms with Crippen molar-refractivity contribution in [1.29, 1.82) is 0 Å². The average molecular weight is 251 g/mol. The van der Waals surface area contributed by atoms with E-state index in [0.717, 1.165) is 12.8 Å². The van der Waals surface area contributed by atoms with E-state index in [9.17, 15) is 15.2 Å². The van der Waals surface area contributed by atoms with E-state index in [1.165, 1.54) is 0 Å². The Bertz CT molecular complexity index is 444. The van der Waals surface area contributed by atoms with Crippen molar-refractivity contribution in [2.45, 2.75) is 18.9 Å². The molecule has 18 heavy (non-hydrogen) atoms. The smallest absolute Gasteiger partial charge is 0.315 e. The van der Waals surface area contributed by atoms with Gasteiger partial charge in [0.25, 0.3) is 0 Å². The molecule has 0 amide bonds. The first-order valence-electron chi connectivity index (χ1n) is 5.99. The Labute approximate surface area is 105 Å². The highest BCUT2D eigenvalue weighted by atomic mass is 16.6. The molecule has 6 nitrogen and oxygen atoms in total. The average Bonchev–Trinajstić information content (AvgIpc) is 2.32. The summed E-state index contributed by atoms with van der Waals surface area (Å²) in [6, 6.07) is 5.15. The minimum atomic E-state index is -0.385. The molecule has 98 valence electrons. The van der Waals surface area contributed by atoms with Gasteiger partial charge in [0.1, 0.15) is 11.4 Å². The molecule has 2 rings (SSSR count). The molecule has 0 saturated heterocycles. The molecule has 0 heterocycles. The number of nitrogens with one attached hydrogen (secondary N) is 2. The van der Waals surface area contributed by atoms with E-state index in [0.29, 0.717) is 23.8 Å². The molecule has 1 aromatic carbocycles. The molecule has 0 atom stereocenters. The fraction of sp³-hybridized carbons (Fsp3) is 0.500. The number of nitro benzene ring substituents is 1. The van der Waals surface area contributed by atoms with Crippen molar-refractivity contribution >= 4 is 17.1 Å². The fourth-order valence-corrected chi connectivity index (χ4v) is 2.21. The third-order valence-corrected chi connectivity index (χ3v) is 3.28. The summed E-state index contributed by atoms with van der Waals surface area (Å²) in [6.07, 6.45) is 1.34. The Balaban J connectivity index is 2.09. The maximum Gasteiger partial charge on any atom is 0.315 e. The van der Waals surface area contributed by atoms with Crippen LogP contribution in [0.3, 0.4) is 0 Å². The van der Waals surface area contributed by atoms with Crippen LogP contribution < -0.4 is 10.6 Å². The second-order valence-electron chi connectivity index (χ2n) is 4.58. The lowest BCUT2D eigenvalue weighted by Gasteiger charge is -2.31. The number of nitrogens with zero attached hydrogens (tertiary/aromatic N) is 1. The Morgan fingerprint density at radius 2 is 2.11 bits per heavy atom. The number of nitro groups is 1. The standard InChI is InChI=1S/C12H17N3O3/c1-13-10-3-2-4-11(12(10)15(17)18)14-7-8-5-9(16)6-8/h2-4,8-9,13-14,16H,5-7H2,1H3. The fourth-order valence-electron chi connectivity index (χ4n) is 2.21. The number of rotatable bonds is 5. The zero-order valence-electron chi connectivity index (χ0n) is 10.2. The van der Waals surface area contributed by atoms with Gasteiger partial charge in [0.05, 0.1) is 11.0 Å². The number of benzene rings is 1. The molecule has 1 saturated carbocycles. The van der Waals surface area contributed by atoms with Gasteiger partial charge in [-0.3, -0.25) is 10.1 Å². The summed E-state index contributed by atoms with van der Waals surface area (Å²) < 4.78 is 0. The molecule has 3 N–H and O–H groups in total. The van der Waals surface area contributed by atoms with Crippen LogP contribution in [-0.2, 0) is 0 Å². The van der Waals surface area contributed by atoms with Crippen LogP contribution in [0.25, 0.3) is 0 Å². The van der Waals surface area contributed by atoms with E-state index in [1.54, 1.807) is 25.2 Å². The van der Waals surface area contributed by atoms with E-state index < -0.39 is 0 Å². The van der Waals surface area contributed by atoms with Crippen LogP contribution in [0.1, 0.15) is 12.8 Å². The lowest BCUT2D eigenvalue weighted by molar-refractivity contribution is -0.383. The van der Waals surface area contributed by atoms with Crippen LogP contribution >= 0.6 is 0 Å². The van der Waals surface area contributed by atoms with Gasteiger partial charge in [0.15, 0.2) is 0 Å². The van der Waals surface area contributed by atoms with Crippen LogP contribution in [0.2, 0.25) is 0 Å². The molecule has 1 fully saturated rings. The Morgan fingerprint density at radius 1 is 1.44 bits per heavy atom. The van der Waals surface area contributed by atoms with Gasteiger partial charge in [-0.2, -0.15) is 0 Å². The summed E-state index contributed by atoms with van der Waals surface area (Å²) in [5.41, 5.74) is 1.09. The van der Waals surface area contributed by atoms with Gasteiger partial charge in [0.2, 0.25) is 0 Å². The summed E-state index contributed by atoms with van der Waals surface area (Å²) >= 11 is 0. The zero-order valence-corrected chi connectivity index (χ0v) is 10.2. The van der Waals surface area contributed by atoms with E-state index >= 15 is 0 Å². The highest BCUT2D eigenvalue weighted by Gasteiger charge is 2.27. The number of para-hydroxylation sites is 1. The third-order valence-electron chi connectivity index (χ3n) is 3.28. The number of aliphatic hydroxyl groups excluding tert-OH is 1. The molecule has 0 aromatic heterocycles. The zero-order chi connectivity index (χ0) is 13.1. The normalized spacial score (nSPS) is 22.1. The number of aliphatic hydroxyl groups is 1. The monoisotopic (exact) mass is 251 g/mol. The SMILES string of the molecule is CNc1cccc(NCC2CC(O)C2)c1[N+](=O)[O-]. The molecular weight excluding hydrogens is 234 g/mol. The predicted molar refractivity (Wildman–Crippen MR) is 69.9 cm³/mol. The highest BCUT2D eigenvalue weighted by Crippen LogP contribution is 2.34. The maximum atomic E-state index is 11.1. The van der Waals surface area contributed by atoms with E-state index in [1.807, 2.05) is 0 Å². The molecular formula is C12H17N3O3. The lowest BCUT2D eigenvalue weighted by Crippen LogP contribution is -2.33. The first-order valence-corrected chi connectivity index (χ1v) is 5.99. The van der Waals surface area contributed by atoms with Crippen LogP contribution in [-0.4, -0.2) is 29.7 Å². The highest BCUT2D eigenvalue weighted by molar-refractivity contribution is 5.76. The Hall–Kier alpha value is -1.82. The second kappa shape index (κ2) is 5.22. The first kappa shape index (κ1) is 12.6. The molecule has 1 aliphatic rings. The summed E-state index contributed by atoms with van der Waals surface area (Å²) in [7, 11) is 1.66. The maximum absolute atomic E-state index is 11.1. The van der Waals surface area contributed by atoms with Gasteiger partial charge in [-0.25, -0.2) is 0 Å². The summed E-state index contributed by atoms with van der Waals surface area (Å²) in [5.74, 6) is 0.401. The molecule has 0 unspecified atom stereocenters. The van der Waals surface area contributed by atoms with Crippen molar-refractivity contribution in [3.63, 3.8) is 0 Å². The van der Waals surface area contributed by atoms with Crippen LogP contribution in [0.4, 0.5) is 17.1 Å². The molecule has 0 bridgehead atoms. The predicted octanol–water partition coefficient (Wildman–Crippen LogP) is 1.82. The molecule has 6 heteroatoms. The lowest BCUT2D eigenvalue weighted by atomic mass is 9.82. The van der Waals surface area contributed by atoms with Crippen LogP contribution in [0.15, 0.2) is 18.2 Å². The molecule has 1 aliphatic carbocycles. The van der Waals surface area contributed by atoms with Crippen molar-refractivity contribution in [2.24, 2.45) is 5.92 Å². The van der Waals surface area contributed by atoms with Gasteiger partial charge in [-0.15, -0.1) is 0 Å². The molecule has 0 aliphatic heterocycles. The number of hydrogen-bond donors (Lipinski definition) is 3. The minimum Gasteiger partial charge on any atom is -0.393 e. The van der Waals surface area contributed by atoms with Crippen LogP contribution in [0, 0.1) is 16.0 Å². The largest absolute Gasteiger partial charge is 0.393 e. The summed E-state index contributed by atoms with van der Waals surface area (Å²) in [4.78, 5) is 10.7. The Morgan fingerprint density at radius 3 is 2.67 bits per heavy atom.